The first-order valence-electron chi connectivity index (χ1n) is 6.17. The van der Waals surface area contributed by atoms with Gasteiger partial charge in [-0.15, -0.1) is 0 Å². The normalized spacial score (nSPS) is 16.1. The number of aromatic nitrogens is 1. The van der Waals surface area contributed by atoms with Crippen LogP contribution in [0.3, 0.4) is 0 Å². The lowest BCUT2D eigenvalue weighted by Crippen LogP contribution is -2.26. The van der Waals surface area contributed by atoms with Crippen LogP contribution in [-0.4, -0.2) is 27.2 Å². The number of hydrogen-bond donors (Lipinski definition) is 2. The zero-order chi connectivity index (χ0) is 14.3. The maximum absolute atomic E-state index is 14.1. The number of rotatable bonds is 4. The van der Waals surface area contributed by atoms with Gasteiger partial charge in [-0.05, 0) is 25.0 Å². The van der Waals surface area contributed by atoms with E-state index in [-0.39, 0.29) is 28.9 Å². The van der Waals surface area contributed by atoms with E-state index in [1.807, 2.05) is 0 Å². The highest BCUT2D eigenvalue weighted by Gasteiger charge is 2.43. The number of hydrogen-bond acceptors (Lipinski definition) is 5. The average molecular weight is 277 g/mol. The Morgan fingerprint density at radius 3 is 2.90 bits per heavy atom. The first kappa shape index (κ1) is 12.7. The summed E-state index contributed by atoms with van der Waals surface area (Å²) in [6.07, 6.45) is 2.91. The van der Waals surface area contributed by atoms with Crippen molar-refractivity contribution in [2.24, 2.45) is 0 Å². The topological polar surface area (TPSA) is 88.3 Å². The number of nitro groups is 1. The van der Waals surface area contributed by atoms with E-state index in [4.69, 9.17) is 0 Å². The summed E-state index contributed by atoms with van der Waals surface area (Å²) in [5, 5.41) is 23.5. The third-order valence-corrected chi connectivity index (χ3v) is 3.57. The van der Waals surface area contributed by atoms with Crippen LogP contribution >= 0.6 is 0 Å². The molecule has 0 bridgehead atoms. The lowest BCUT2D eigenvalue weighted by Gasteiger charge is -2.17. The van der Waals surface area contributed by atoms with Crippen molar-refractivity contribution >= 4 is 22.3 Å². The summed E-state index contributed by atoms with van der Waals surface area (Å²) < 4.78 is 14.1. The molecule has 0 spiro atoms. The number of halogens is 1. The Morgan fingerprint density at radius 2 is 2.30 bits per heavy atom. The van der Waals surface area contributed by atoms with Crippen LogP contribution in [0.25, 0.3) is 10.9 Å². The quantitative estimate of drug-likeness (QED) is 0.660. The van der Waals surface area contributed by atoms with Crippen molar-refractivity contribution in [3.63, 3.8) is 0 Å². The maximum atomic E-state index is 14.1. The molecule has 1 aliphatic rings. The van der Waals surface area contributed by atoms with Gasteiger partial charge in [-0.25, -0.2) is 4.39 Å². The Bertz CT molecular complexity index is 701. The smallest absolute Gasteiger partial charge is 0.281 e. The molecule has 1 fully saturated rings. The van der Waals surface area contributed by atoms with E-state index < -0.39 is 16.3 Å². The molecule has 1 aliphatic carbocycles. The number of benzene rings is 1. The SMILES string of the molecule is O=[N+]([O-])c1cc(F)c(NC2(CO)CC2)c2ncccc12. The van der Waals surface area contributed by atoms with E-state index in [1.54, 1.807) is 6.07 Å². The lowest BCUT2D eigenvalue weighted by molar-refractivity contribution is -0.383. The molecule has 1 saturated carbocycles. The van der Waals surface area contributed by atoms with Gasteiger partial charge in [0, 0.05) is 6.20 Å². The van der Waals surface area contributed by atoms with E-state index >= 15 is 0 Å². The Balaban J connectivity index is 2.20. The van der Waals surface area contributed by atoms with Crippen LogP contribution in [0.5, 0.6) is 0 Å². The van der Waals surface area contributed by atoms with Crippen molar-refractivity contribution in [1.82, 2.24) is 4.98 Å². The summed E-state index contributed by atoms with van der Waals surface area (Å²) in [4.78, 5) is 14.4. The van der Waals surface area contributed by atoms with Gasteiger partial charge in [-0.2, -0.15) is 0 Å². The molecule has 0 saturated heterocycles. The number of aliphatic hydroxyl groups excluding tert-OH is 1. The molecule has 2 N–H and O–H groups in total. The van der Waals surface area contributed by atoms with Crippen molar-refractivity contribution in [3.05, 3.63) is 40.3 Å². The van der Waals surface area contributed by atoms with Gasteiger partial charge in [0.1, 0.15) is 5.52 Å². The molecular weight excluding hydrogens is 265 g/mol. The molecule has 1 heterocycles. The highest BCUT2D eigenvalue weighted by molar-refractivity contribution is 5.97. The van der Waals surface area contributed by atoms with Crippen LogP contribution in [0.4, 0.5) is 15.8 Å². The molecule has 2 aromatic rings. The molecule has 0 unspecified atom stereocenters. The van der Waals surface area contributed by atoms with Crippen molar-refractivity contribution in [1.29, 1.82) is 0 Å². The summed E-state index contributed by atoms with van der Waals surface area (Å²) in [5.74, 6) is -0.734. The van der Waals surface area contributed by atoms with Gasteiger partial charge < -0.3 is 10.4 Å². The molecule has 7 heteroatoms. The predicted molar refractivity (Wildman–Crippen MR) is 71.0 cm³/mol. The standard InChI is InChI=1S/C13H12FN3O3/c14-9-6-10(17(19)20)8-2-1-5-15-11(8)12(9)16-13(7-18)3-4-13/h1-2,5-6,16,18H,3-4,7H2. The summed E-state index contributed by atoms with van der Waals surface area (Å²) >= 11 is 0. The zero-order valence-corrected chi connectivity index (χ0v) is 10.5. The van der Waals surface area contributed by atoms with E-state index in [0.717, 1.165) is 18.9 Å². The predicted octanol–water partition coefficient (Wildman–Crippen LogP) is 2.22. The second kappa shape index (κ2) is 4.38. The Labute approximate surface area is 113 Å². The molecule has 104 valence electrons. The Kier molecular flexibility index (Phi) is 2.79. The van der Waals surface area contributed by atoms with Crippen molar-refractivity contribution in [2.75, 3.05) is 11.9 Å². The van der Waals surface area contributed by atoms with Gasteiger partial charge in [-0.1, -0.05) is 0 Å². The van der Waals surface area contributed by atoms with Gasteiger partial charge in [0.15, 0.2) is 5.82 Å². The van der Waals surface area contributed by atoms with Crippen LogP contribution in [0.1, 0.15) is 12.8 Å². The Hall–Kier alpha value is -2.28. The van der Waals surface area contributed by atoms with Crippen LogP contribution < -0.4 is 5.32 Å². The van der Waals surface area contributed by atoms with Crippen LogP contribution in [-0.2, 0) is 0 Å². The molecule has 0 radical (unpaired) electrons. The molecule has 0 aliphatic heterocycles. The molecule has 0 amide bonds. The Morgan fingerprint density at radius 1 is 1.55 bits per heavy atom. The third kappa shape index (κ3) is 1.96. The molecule has 3 rings (SSSR count). The minimum Gasteiger partial charge on any atom is -0.394 e. The van der Waals surface area contributed by atoms with E-state index in [1.165, 1.54) is 12.3 Å². The minimum absolute atomic E-state index is 0.109. The number of pyridine rings is 1. The van der Waals surface area contributed by atoms with Crippen LogP contribution in [0.2, 0.25) is 0 Å². The van der Waals surface area contributed by atoms with Gasteiger partial charge >= 0.3 is 0 Å². The molecular formula is C13H12FN3O3. The highest BCUT2D eigenvalue weighted by atomic mass is 19.1. The summed E-state index contributed by atoms with van der Waals surface area (Å²) in [7, 11) is 0. The summed E-state index contributed by atoms with van der Waals surface area (Å²) in [6, 6.07) is 3.99. The fourth-order valence-electron chi connectivity index (χ4n) is 2.20. The first-order valence-corrected chi connectivity index (χ1v) is 6.17. The largest absolute Gasteiger partial charge is 0.394 e. The highest BCUT2D eigenvalue weighted by Crippen LogP contribution is 2.41. The molecule has 1 aromatic heterocycles. The monoisotopic (exact) mass is 277 g/mol. The number of aliphatic hydroxyl groups is 1. The van der Waals surface area contributed by atoms with E-state index in [2.05, 4.69) is 10.3 Å². The second-order valence-electron chi connectivity index (χ2n) is 4.97. The van der Waals surface area contributed by atoms with Crippen molar-refractivity contribution in [2.45, 2.75) is 18.4 Å². The first-order chi connectivity index (χ1) is 9.56. The van der Waals surface area contributed by atoms with Crippen LogP contribution in [0, 0.1) is 15.9 Å². The van der Waals surface area contributed by atoms with Gasteiger partial charge in [0.2, 0.25) is 0 Å². The third-order valence-electron chi connectivity index (χ3n) is 3.57. The fraction of sp³-hybridized carbons (Fsp3) is 0.308. The van der Waals surface area contributed by atoms with Gasteiger partial charge in [0.25, 0.3) is 5.69 Å². The summed E-state index contributed by atoms with van der Waals surface area (Å²) in [5.41, 5.74) is -0.525. The van der Waals surface area contributed by atoms with Gasteiger partial charge in [0.05, 0.1) is 34.2 Å². The maximum Gasteiger partial charge on any atom is 0.281 e. The number of nitrogens with zero attached hydrogens (tertiary/aromatic N) is 2. The molecule has 1 aromatic carbocycles. The fourth-order valence-corrected chi connectivity index (χ4v) is 2.20. The van der Waals surface area contributed by atoms with Crippen molar-refractivity contribution < 1.29 is 14.4 Å². The van der Waals surface area contributed by atoms with Crippen molar-refractivity contribution in [3.8, 4) is 0 Å². The van der Waals surface area contributed by atoms with Gasteiger partial charge in [-0.3, -0.25) is 15.1 Å². The second-order valence-corrected chi connectivity index (χ2v) is 4.97. The number of nitrogens with one attached hydrogen (secondary N) is 1. The average Bonchev–Trinajstić information content (AvgIpc) is 3.22. The summed E-state index contributed by atoms with van der Waals surface area (Å²) in [6.45, 7) is -0.113. The van der Waals surface area contributed by atoms with E-state index in [9.17, 15) is 19.6 Å². The number of non-ortho nitro benzene ring substituents is 1. The number of fused-ring (bicyclic) bond motifs is 1. The molecule has 0 atom stereocenters. The molecule has 20 heavy (non-hydrogen) atoms. The zero-order valence-electron chi connectivity index (χ0n) is 10.5. The number of nitro benzene ring substituents is 1. The minimum atomic E-state index is -0.734. The number of anilines is 1. The van der Waals surface area contributed by atoms with Crippen LogP contribution in [0.15, 0.2) is 24.4 Å². The molecule has 6 nitrogen and oxygen atoms in total. The van der Waals surface area contributed by atoms with E-state index in [0.29, 0.717) is 0 Å². The lowest BCUT2D eigenvalue weighted by atomic mass is 10.1.